The molecule has 1 heterocycles. The van der Waals surface area contributed by atoms with Gasteiger partial charge in [0, 0.05) is 0 Å². The number of para-hydroxylation sites is 3. The number of sulfone groups is 1. The summed E-state index contributed by atoms with van der Waals surface area (Å²) in [6.07, 6.45) is -0.475. The molecule has 0 aromatic heterocycles. The molecule has 0 bridgehead atoms. The van der Waals surface area contributed by atoms with Crippen molar-refractivity contribution in [1.82, 2.24) is 0 Å². The molecule has 0 fully saturated rings. The standard InChI is InChI=1S/C16H14F3NO4S/c17-16(18,19)25(21,22)15-8-4-1-5-12(15)20-9-11-10-23-13-6-2-3-7-14(13)24-11/h1-8,11,20H,9-10H2. The lowest BCUT2D eigenvalue weighted by Crippen LogP contribution is -2.35. The molecule has 5 nitrogen and oxygen atoms in total. The molecule has 0 aliphatic carbocycles. The summed E-state index contributed by atoms with van der Waals surface area (Å²) in [6, 6.07) is 11.9. The Labute approximate surface area is 142 Å². The van der Waals surface area contributed by atoms with Crippen molar-refractivity contribution in [1.29, 1.82) is 0 Å². The maximum atomic E-state index is 12.8. The number of anilines is 1. The quantitative estimate of drug-likeness (QED) is 0.892. The van der Waals surface area contributed by atoms with Crippen molar-refractivity contribution in [2.75, 3.05) is 18.5 Å². The van der Waals surface area contributed by atoms with Gasteiger partial charge in [0.05, 0.1) is 17.1 Å². The van der Waals surface area contributed by atoms with Crippen molar-refractivity contribution >= 4 is 15.5 Å². The van der Waals surface area contributed by atoms with Crippen LogP contribution in [0.1, 0.15) is 0 Å². The number of hydrogen-bond acceptors (Lipinski definition) is 5. The monoisotopic (exact) mass is 373 g/mol. The van der Waals surface area contributed by atoms with E-state index in [0.29, 0.717) is 11.5 Å². The molecule has 1 atom stereocenters. The van der Waals surface area contributed by atoms with Crippen LogP contribution in [0.5, 0.6) is 11.5 Å². The third-order valence-electron chi connectivity index (χ3n) is 3.57. The Morgan fingerprint density at radius 1 is 1.04 bits per heavy atom. The van der Waals surface area contributed by atoms with E-state index in [1.165, 1.54) is 18.2 Å². The van der Waals surface area contributed by atoms with Gasteiger partial charge in [-0.05, 0) is 24.3 Å². The maximum Gasteiger partial charge on any atom is 0.501 e. The van der Waals surface area contributed by atoms with Crippen LogP contribution >= 0.6 is 0 Å². The van der Waals surface area contributed by atoms with Gasteiger partial charge in [-0.15, -0.1) is 0 Å². The number of fused-ring (bicyclic) bond motifs is 1. The summed E-state index contributed by atoms with van der Waals surface area (Å²) < 4.78 is 72.9. The third kappa shape index (κ3) is 3.51. The average Bonchev–Trinajstić information content (AvgIpc) is 2.59. The van der Waals surface area contributed by atoms with Gasteiger partial charge in [-0.1, -0.05) is 24.3 Å². The Hall–Kier alpha value is -2.42. The fraction of sp³-hybridized carbons (Fsp3) is 0.250. The summed E-state index contributed by atoms with van der Waals surface area (Å²) in [5, 5.41) is 2.71. The van der Waals surface area contributed by atoms with E-state index >= 15 is 0 Å². The molecule has 9 heteroatoms. The Bertz CT molecular complexity index is 868. The first-order chi connectivity index (χ1) is 11.8. The summed E-state index contributed by atoms with van der Waals surface area (Å²) in [4.78, 5) is -0.820. The summed E-state index contributed by atoms with van der Waals surface area (Å²) in [6.45, 7) is 0.275. The van der Waals surface area contributed by atoms with Crippen LogP contribution in [-0.2, 0) is 9.84 Å². The Morgan fingerprint density at radius 3 is 2.40 bits per heavy atom. The zero-order valence-electron chi connectivity index (χ0n) is 12.8. The third-order valence-corrected chi connectivity index (χ3v) is 5.11. The van der Waals surface area contributed by atoms with Crippen LogP contribution in [-0.4, -0.2) is 33.2 Å². The molecule has 1 aliphatic rings. The number of ether oxygens (including phenoxy) is 2. The number of benzene rings is 2. The molecular weight excluding hydrogens is 359 g/mol. The Kier molecular flexibility index (Phi) is 4.51. The Morgan fingerprint density at radius 2 is 1.68 bits per heavy atom. The molecule has 25 heavy (non-hydrogen) atoms. The van der Waals surface area contributed by atoms with E-state index in [4.69, 9.17) is 9.47 Å². The number of rotatable bonds is 4. The minimum absolute atomic E-state index is 0.0821. The molecule has 0 saturated carbocycles. The molecule has 0 saturated heterocycles. The molecule has 0 radical (unpaired) electrons. The highest BCUT2D eigenvalue weighted by Crippen LogP contribution is 2.35. The molecule has 134 valence electrons. The maximum absolute atomic E-state index is 12.8. The van der Waals surface area contributed by atoms with Gasteiger partial charge in [0.15, 0.2) is 11.5 Å². The van der Waals surface area contributed by atoms with Crippen LogP contribution in [0.2, 0.25) is 0 Å². The molecule has 3 rings (SSSR count). The first-order valence-corrected chi connectivity index (χ1v) is 8.80. The predicted octanol–water partition coefficient (Wildman–Crippen LogP) is 3.23. The fourth-order valence-electron chi connectivity index (χ4n) is 2.36. The highest BCUT2D eigenvalue weighted by atomic mass is 32.2. The minimum atomic E-state index is -5.44. The van der Waals surface area contributed by atoms with Gasteiger partial charge in [0.25, 0.3) is 9.84 Å². The van der Waals surface area contributed by atoms with Crippen molar-refractivity contribution in [3.63, 3.8) is 0 Å². The van der Waals surface area contributed by atoms with E-state index in [0.717, 1.165) is 6.07 Å². The molecule has 0 amide bonds. The van der Waals surface area contributed by atoms with Crippen LogP contribution in [0.4, 0.5) is 18.9 Å². The minimum Gasteiger partial charge on any atom is -0.486 e. The average molecular weight is 373 g/mol. The normalized spacial score (nSPS) is 17.2. The van der Waals surface area contributed by atoms with Gasteiger partial charge in [-0.25, -0.2) is 8.42 Å². The van der Waals surface area contributed by atoms with Gasteiger partial charge < -0.3 is 14.8 Å². The SMILES string of the molecule is O=S(=O)(c1ccccc1NCC1COc2ccccc2O1)C(F)(F)F. The summed E-state index contributed by atoms with van der Waals surface area (Å²) in [5.41, 5.74) is -5.50. The lowest BCUT2D eigenvalue weighted by molar-refractivity contribution is -0.0435. The second-order valence-electron chi connectivity index (χ2n) is 5.32. The summed E-state index contributed by atoms with van der Waals surface area (Å²) in [5.74, 6) is 1.11. The topological polar surface area (TPSA) is 64.6 Å². The van der Waals surface area contributed by atoms with Gasteiger partial charge in [0.2, 0.25) is 0 Å². The van der Waals surface area contributed by atoms with Gasteiger partial charge >= 0.3 is 5.51 Å². The fourth-order valence-corrected chi connectivity index (χ4v) is 3.30. The van der Waals surface area contributed by atoms with Crippen molar-refractivity contribution in [3.05, 3.63) is 48.5 Å². The number of alkyl halides is 3. The second-order valence-corrected chi connectivity index (χ2v) is 7.23. The smallest absolute Gasteiger partial charge is 0.486 e. The first kappa shape index (κ1) is 17.4. The van der Waals surface area contributed by atoms with Crippen LogP contribution < -0.4 is 14.8 Å². The van der Waals surface area contributed by atoms with E-state index in [1.54, 1.807) is 24.3 Å². The molecule has 1 unspecified atom stereocenters. The molecule has 0 spiro atoms. The zero-order valence-corrected chi connectivity index (χ0v) is 13.6. The van der Waals surface area contributed by atoms with Crippen molar-refractivity contribution in [2.24, 2.45) is 0 Å². The van der Waals surface area contributed by atoms with Crippen LogP contribution in [0, 0.1) is 0 Å². The van der Waals surface area contributed by atoms with E-state index in [9.17, 15) is 21.6 Å². The highest BCUT2D eigenvalue weighted by Gasteiger charge is 2.47. The van der Waals surface area contributed by atoms with Crippen LogP contribution in [0.25, 0.3) is 0 Å². The number of halogens is 3. The molecule has 2 aromatic rings. The van der Waals surface area contributed by atoms with Crippen molar-refractivity contribution in [3.8, 4) is 11.5 Å². The van der Waals surface area contributed by atoms with E-state index < -0.39 is 26.3 Å². The van der Waals surface area contributed by atoms with Gasteiger partial charge in [-0.3, -0.25) is 0 Å². The molecule has 2 aromatic carbocycles. The highest BCUT2D eigenvalue weighted by molar-refractivity contribution is 7.92. The van der Waals surface area contributed by atoms with Gasteiger partial charge in [-0.2, -0.15) is 13.2 Å². The summed E-state index contributed by atoms with van der Waals surface area (Å²) >= 11 is 0. The van der Waals surface area contributed by atoms with Crippen molar-refractivity contribution < 1.29 is 31.1 Å². The zero-order chi connectivity index (χ0) is 18.1. The predicted molar refractivity (Wildman–Crippen MR) is 84.5 cm³/mol. The lowest BCUT2D eigenvalue weighted by Gasteiger charge is -2.27. The first-order valence-electron chi connectivity index (χ1n) is 7.32. The largest absolute Gasteiger partial charge is 0.501 e. The molecule has 1 aliphatic heterocycles. The van der Waals surface area contributed by atoms with Crippen LogP contribution in [0.3, 0.4) is 0 Å². The lowest BCUT2D eigenvalue weighted by atomic mass is 10.2. The molecule has 1 N–H and O–H groups in total. The van der Waals surface area contributed by atoms with Gasteiger partial charge in [0.1, 0.15) is 12.7 Å². The second kappa shape index (κ2) is 6.47. The van der Waals surface area contributed by atoms with Crippen molar-refractivity contribution in [2.45, 2.75) is 16.5 Å². The van der Waals surface area contributed by atoms with E-state index in [1.807, 2.05) is 0 Å². The van der Waals surface area contributed by atoms with E-state index in [-0.39, 0.29) is 18.8 Å². The van der Waals surface area contributed by atoms with Crippen LogP contribution in [0.15, 0.2) is 53.4 Å². The molecular formula is C16H14F3NO4S. The van der Waals surface area contributed by atoms with E-state index in [2.05, 4.69) is 5.32 Å². The Balaban J connectivity index is 1.75. The number of hydrogen-bond donors (Lipinski definition) is 1. The summed E-state index contributed by atoms with van der Waals surface area (Å²) in [7, 11) is -5.44. The number of nitrogens with one attached hydrogen (secondary N) is 1.